The molecule has 0 amide bonds. The standard InChI is InChI=1S/C16H27NO4/c1-18-9-10-21-12-11-20-8-7-15(17)13-14-5-3-4-6-16(14)19-2/h3-6,15H,7-13,17H2,1-2H3. The van der Waals surface area contributed by atoms with E-state index in [0.29, 0.717) is 33.0 Å². The molecule has 0 saturated heterocycles. The van der Waals surface area contributed by atoms with Crippen LogP contribution in [0.4, 0.5) is 0 Å². The second-order valence-electron chi connectivity index (χ2n) is 4.78. The van der Waals surface area contributed by atoms with E-state index in [1.165, 1.54) is 0 Å². The predicted octanol–water partition coefficient (Wildman–Crippen LogP) is 1.63. The van der Waals surface area contributed by atoms with Crippen LogP contribution < -0.4 is 10.5 Å². The summed E-state index contributed by atoms with van der Waals surface area (Å²) in [5.41, 5.74) is 7.26. The number of rotatable bonds is 12. The maximum atomic E-state index is 6.13. The van der Waals surface area contributed by atoms with Crippen molar-refractivity contribution >= 4 is 0 Å². The number of hydrogen-bond donors (Lipinski definition) is 1. The molecule has 2 N–H and O–H groups in total. The van der Waals surface area contributed by atoms with E-state index in [4.69, 9.17) is 24.7 Å². The van der Waals surface area contributed by atoms with Gasteiger partial charge in [-0.2, -0.15) is 0 Å². The molecule has 0 bridgehead atoms. The Labute approximate surface area is 127 Å². The summed E-state index contributed by atoms with van der Waals surface area (Å²) >= 11 is 0. The first-order valence-corrected chi connectivity index (χ1v) is 7.29. The van der Waals surface area contributed by atoms with E-state index >= 15 is 0 Å². The molecule has 0 aliphatic carbocycles. The molecule has 0 saturated carbocycles. The average Bonchev–Trinajstić information content (AvgIpc) is 2.50. The fraction of sp³-hybridized carbons (Fsp3) is 0.625. The smallest absolute Gasteiger partial charge is 0.122 e. The number of benzene rings is 1. The fourth-order valence-corrected chi connectivity index (χ4v) is 1.96. The summed E-state index contributed by atoms with van der Waals surface area (Å²) in [6.07, 6.45) is 1.60. The van der Waals surface area contributed by atoms with Crippen molar-refractivity contribution in [2.75, 3.05) is 47.3 Å². The maximum Gasteiger partial charge on any atom is 0.122 e. The lowest BCUT2D eigenvalue weighted by Crippen LogP contribution is -2.25. The number of methoxy groups -OCH3 is 2. The molecule has 1 aromatic rings. The van der Waals surface area contributed by atoms with E-state index in [1.807, 2.05) is 24.3 Å². The van der Waals surface area contributed by atoms with Gasteiger partial charge in [0.1, 0.15) is 5.75 Å². The van der Waals surface area contributed by atoms with Crippen molar-refractivity contribution in [3.05, 3.63) is 29.8 Å². The zero-order valence-corrected chi connectivity index (χ0v) is 13.0. The monoisotopic (exact) mass is 297 g/mol. The summed E-state index contributed by atoms with van der Waals surface area (Å²) in [5.74, 6) is 0.889. The Morgan fingerprint density at radius 2 is 1.62 bits per heavy atom. The van der Waals surface area contributed by atoms with Crippen LogP contribution in [0.3, 0.4) is 0 Å². The van der Waals surface area contributed by atoms with E-state index in [1.54, 1.807) is 14.2 Å². The van der Waals surface area contributed by atoms with Crippen LogP contribution in [0.25, 0.3) is 0 Å². The van der Waals surface area contributed by atoms with Crippen LogP contribution in [0, 0.1) is 0 Å². The van der Waals surface area contributed by atoms with Crippen molar-refractivity contribution in [2.45, 2.75) is 18.9 Å². The highest BCUT2D eigenvalue weighted by atomic mass is 16.5. The van der Waals surface area contributed by atoms with Gasteiger partial charge < -0.3 is 24.7 Å². The van der Waals surface area contributed by atoms with Crippen molar-refractivity contribution in [1.82, 2.24) is 0 Å². The number of para-hydroxylation sites is 1. The minimum absolute atomic E-state index is 0.0655. The van der Waals surface area contributed by atoms with E-state index in [2.05, 4.69) is 0 Å². The van der Waals surface area contributed by atoms with Gasteiger partial charge in [0.15, 0.2) is 0 Å². The summed E-state index contributed by atoms with van der Waals surface area (Å²) in [6.45, 7) is 3.04. The highest BCUT2D eigenvalue weighted by Gasteiger charge is 2.08. The van der Waals surface area contributed by atoms with Crippen LogP contribution in [-0.4, -0.2) is 53.3 Å². The molecule has 0 aromatic heterocycles. The topological polar surface area (TPSA) is 62.9 Å². The zero-order valence-electron chi connectivity index (χ0n) is 13.0. The molecule has 0 aliphatic heterocycles. The van der Waals surface area contributed by atoms with Gasteiger partial charge in [0.25, 0.3) is 0 Å². The van der Waals surface area contributed by atoms with E-state index < -0.39 is 0 Å². The normalized spacial score (nSPS) is 12.3. The largest absolute Gasteiger partial charge is 0.496 e. The summed E-state index contributed by atoms with van der Waals surface area (Å²) in [4.78, 5) is 0. The minimum atomic E-state index is 0.0655. The Balaban J connectivity index is 2.10. The molecule has 120 valence electrons. The van der Waals surface area contributed by atoms with Crippen LogP contribution in [0.1, 0.15) is 12.0 Å². The predicted molar refractivity (Wildman–Crippen MR) is 82.8 cm³/mol. The molecule has 5 nitrogen and oxygen atoms in total. The molecule has 21 heavy (non-hydrogen) atoms. The van der Waals surface area contributed by atoms with Gasteiger partial charge in [0.2, 0.25) is 0 Å². The number of ether oxygens (including phenoxy) is 4. The lowest BCUT2D eigenvalue weighted by molar-refractivity contribution is 0.0234. The van der Waals surface area contributed by atoms with Crippen LogP contribution in [0.5, 0.6) is 5.75 Å². The van der Waals surface area contributed by atoms with Gasteiger partial charge in [-0.25, -0.2) is 0 Å². The maximum absolute atomic E-state index is 6.13. The van der Waals surface area contributed by atoms with E-state index in [9.17, 15) is 0 Å². The number of nitrogens with two attached hydrogens (primary N) is 1. The first kappa shape index (κ1) is 17.9. The highest BCUT2D eigenvalue weighted by molar-refractivity contribution is 5.33. The zero-order chi connectivity index (χ0) is 15.3. The number of hydrogen-bond acceptors (Lipinski definition) is 5. The third kappa shape index (κ3) is 8.02. The van der Waals surface area contributed by atoms with Crippen molar-refractivity contribution in [1.29, 1.82) is 0 Å². The van der Waals surface area contributed by atoms with Gasteiger partial charge >= 0.3 is 0 Å². The van der Waals surface area contributed by atoms with Gasteiger partial charge in [-0.15, -0.1) is 0 Å². The molecule has 0 aliphatic rings. The van der Waals surface area contributed by atoms with Crippen LogP contribution in [-0.2, 0) is 20.6 Å². The lowest BCUT2D eigenvalue weighted by atomic mass is 10.0. The van der Waals surface area contributed by atoms with Gasteiger partial charge in [-0.1, -0.05) is 18.2 Å². The van der Waals surface area contributed by atoms with Crippen LogP contribution in [0.15, 0.2) is 24.3 Å². The van der Waals surface area contributed by atoms with Crippen LogP contribution in [0.2, 0.25) is 0 Å². The summed E-state index contributed by atoms with van der Waals surface area (Å²) in [6, 6.07) is 8.02. The van der Waals surface area contributed by atoms with Crippen LogP contribution >= 0.6 is 0 Å². The van der Waals surface area contributed by atoms with Gasteiger partial charge in [0, 0.05) is 19.8 Å². The fourth-order valence-electron chi connectivity index (χ4n) is 1.96. The van der Waals surface area contributed by atoms with Gasteiger partial charge in [-0.05, 0) is 24.5 Å². The molecule has 0 radical (unpaired) electrons. The van der Waals surface area contributed by atoms with Gasteiger partial charge in [-0.3, -0.25) is 0 Å². The van der Waals surface area contributed by atoms with Crippen molar-refractivity contribution in [3.63, 3.8) is 0 Å². The molecule has 1 rings (SSSR count). The Bertz CT molecular complexity index is 373. The molecule has 0 fully saturated rings. The molecule has 1 unspecified atom stereocenters. The first-order valence-electron chi connectivity index (χ1n) is 7.29. The molecular weight excluding hydrogens is 270 g/mol. The van der Waals surface area contributed by atoms with Gasteiger partial charge in [0.05, 0.1) is 33.5 Å². The second-order valence-corrected chi connectivity index (χ2v) is 4.78. The van der Waals surface area contributed by atoms with E-state index in [0.717, 1.165) is 24.2 Å². The highest BCUT2D eigenvalue weighted by Crippen LogP contribution is 2.19. The summed E-state index contributed by atoms with van der Waals surface area (Å²) in [7, 11) is 3.33. The quantitative estimate of drug-likeness (QED) is 0.594. The molecule has 1 aromatic carbocycles. The molecule has 5 heteroatoms. The summed E-state index contributed by atoms with van der Waals surface area (Å²) < 4.78 is 21.0. The minimum Gasteiger partial charge on any atom is -0.496 e. The average molecular weight is 297 g/mol. The first-order chi connectivity index (χ1) is 10.3. The summed E-state index contributed by atoms with van der Waals surface area (Å²) in [5, 5.41) is 0. The van der Waals surface area contributed by atoms with Crippen molar-refractivity contribution < 1.29 is 18.9 Å². The Kier molecular flexibility index (Phi) is 9.82. The molecule has 1 atom stereocenters. The Morgan fingerprint density at radius 1 is 0.952 bits per heavy atom. The SMILES string of the molecule is COCCOCCOCCC(N)Cc1ccccc1OC. The second kappa shape index (κ2) is 11.5. The van der Waals surface area contributed by atoms with Crippen molar-refractivity contribution in [3.8, 4) is 5.75 Å². The lowest BCUT2D eigenvalue weighted by Gasteiger charge is -2.14. The third-order valence-corrected chi connectivity index (χ3v) is 3.11. The van der Waals surface area contributed by atoms with E-state index in [-0.39, 0.29) is 6.04 Å². The molecule has 0 heterocycles. The Morgan fingerprint density at radius 3 is 2.33 bits per heavy atom. The molecule has 0 spiro atoms. The Hall–Kier alpha value is -1.14. The molecular formula is C16H27NO4. The van der Waals surface area contributed by atoms with Crippen molar-refractivity contribution in [2.24, 2.45) is 5.73 Å². The third-order valence-electron chi connectivity index (χ3n) is 3.11.